The van der Waals surface area contributed by atoms with Crippen LogP contribution in [0.15, 0.2) is 35.5 Å². The maximum Gasteiger partial charge on any atom is 0.262 e. The molecule has 1 aromatic carbocycles. The summed E-state index contributed by atoms with van der Waals surface area (Å²) in [4.78, 5) is 0.286. The third-order valence-electron chi connectivity index (χ3n) is 2.88. The monoisotopic (exact) mass is 294 g/mol. The van der Waals surface area contributed by atoms with E-state index in [1.54, 1.807) is 30.9 Å². The first kappa shape index (κ1) is 14.5. The number of anilines is 1. The zero-order chi connectivity index (χ0) is 14.8. The van der Waals surface area contributed by atoms with Gasteiger partial charge in [-0.15, -0.1) is 0 Å². The molecule has 7 heteroatoms. The molecule has 6 nitrogen and oxygen atoms in total. The Morgan fingerprint density at radius 1 is 1.35 bits per heavy atom. The van der Waals surface area contributed by atoms with Gasteiger partial charge in [-0.05, 0) is 31.2 Å². The molecule has 1 heterocycles. The summed E-state index contributed by atoms with van der Waals surface area (Å²) in [6.07, 6.45) is 3.09. The second kappa shape index (κ2) is 5.64. The van der Waals surface area contributed by atoms with E-state index in [0.29, 0.717) is 17.8 Å². The van der Waals surface area contributed by atoms with Crippen molar-refractivity contribution in [2.75, 3.05) is 11.8 Å². The molecule has 0 aliphatic rings. The van der Waals surface area contributed by atoms with Crippen molar-refractivity contribution in [3.05, 3.63) is 41.7 Å². The summed E-state index contributed by atoms with van der Waals surface area (Å²) in [5.74, 6) is 0. The lowest BCUT2D eigenvalue weighted by Gasteiger charge is -2.10. The van der Waals surface area contributed by atoms with Gasteiger partial charge < -0.3 is 5.32 Å². The summed E-state index contributed by atoms with van der Waals surface area (Å²) in [5, 5.41) is 6.95. The van der Waals surface area contributed by atoms with Gasteiger partial charge in [0.05, 0.1) is 16.8 Å². The number of aromatic nitrogens is 2. The maximum atomic E-state index is 12.4. The van der Waals surface area contributed by atoms with Crippen LogP contribution in [0.25, 0.3) is 0 Å². The number of nitrogens with one attached hydrogen (secondary N) is 2. The number of aryl methyl sites for hydroxylation is 2. The highest BCUT2D eigenvalue weighted by atomic mass is 32.2. The van der Waals surface area contributed by atoms with Crippen LogP contribution < -0.4 is 10.0 Å². The molecule has 108 valence electrons. The van der Waals surface area contributed by atoms with Crippen LogP contribution in [0.3, 0.4) is 0 Å². The van der Waals surface area contributed by atoms with Crippen molar-refractivity contribution in [2.24, 2.45) is 7.05 Å². The summed E-state index contributed by atoms with van der Waals surface area (Å²) in [6.45, 7) is 2.40. The maximum absolute atomic E-state index is 12.4. The molecule has 0 bridgehead atoms. The number of nitrogens with zero attached hydrogens (tertiary/aromatic N) is 2. The van der Waals surface area contributed by atoms with Crippen molar-refractivity contribution in [3.8, 4) is 0 Å². The van der Waals surface area contributed by atoms with Gasteiger partial charge in [-0.2, -0.15) is 5.10 Å². The van der Waals surface area contributed by atoms with E-state index in [4.69, 9.17) is 0 Å². The molecule has 2 N–H and O–H groups in total. The molecule has 0 amide bonds. The number of rotatable bonds is 5. The molecule has 0 fully saturated rings. The molecule has 0 radical (unpaired) electrons. The Bertz CT molecular complexity index is 707. The molecule has 0 aliphatic carbocycles. The molecule has 0 aliphatic heterocycles. The summed E-state index contributed by atoms with van der Waals surface area (Å²) >= 11 is 0. The Morgan fingerprint density at radius 3 is 2.70 bits per heavy atom. The van der Waals surface area contributed by atoms with Gasteiger partial charge in [0.25, 0.3) is 10.0 Å². The largest absolute Gasteiger partial charge is 0.316 e. The van der Waals surface area contributed by atoms with Gasteiger partial charge >= 0.3 is 0 Å². The third kappa shape index (κ3) is 3.17. The third-order valence-corrected chi connectivity index (χ3v) is 4.40. The molecule has 1 aromatic heterocycles. The number of hydrogen-bond acceptors (Lipinski definition) is 4. The molecular formula is C13H18N4O2S. The van der Waals surface area contributed by atoms with Crippen molar-refractivity contribution in [1.82, 2.24) is 15.1 Å². The van der Waals surface area contributed by atoms with E-state index in [0.717, 1.165) is 5.56 Å². The Labute approximate surface area is 118 Å². The topological polar surface area (TPSA) is 76.0 Å². The van der Waals surface area contributed by atoms with E-state index in [1.165, 1.54) is 6.20 Å². The lowest BCUT2D eigenvalue weighted by Crippen LogP contribution is -2.15. The summed E-state index contributed by atoms with van der Waals surface area (Å²) in [7, 11) is -0.0485. The van der Waals surface area contributed by atoms with Gasteiger partial charge in [-0.3, -0.25) is 9.40 Å². The van der Waals surface area contributed by atoms with Gasteiger partial charge in [0.2, 0.25) is 0 Å². The highest BCUT2D eigenvalue weighted by molar-refractivity contribution is 7.92. The SMILES string of the molecule is CNCc1ccc(C)c(S(=O)(=O)Nc2cnn(C)c2)c1. The fourth-order valence-electron chi connectivity index (χ4n) is 1.93. The van der Waals surface area contributed by atoms with Crippen molar-refractivity contribution in [3.63, 3.8) is 0 Å². The lowest BCUT2D eigenvalue weighted by molar-refractivity contribution is 0.600. The average molecular weight is 294 g/mol. The number of sulfonamides is 1. The van der Waals surface area contributed by atoms with Gasteiger partial charge in [-0.25, -0.2) is 8.42 Å². The van der Waals surface area contributed by atoms with Gasteiger partial charge in [0.15, 0.2) is 0 Å². The summed E-state index contributed by atoms with van der Waals surface area (Å²) < 4.78 is 28.9. The van der Waals surface area contributed by atoms with Crippen molar-refractivity contribution < 1.29 is 8.42 Å². The van der Waals surface area contributed by atoms with Crippen LogP contribution >= 0.6 is 0 Å². The Hall–Kier alpha value is -1.86. The van der Waals surface area contributed by atoms with Crippen molar-refractivity contribution in [2.45, 2.75) is 18.4 Å². The summed E-state index contributed by atoms with van der Waals surface area (Å²) in [5.41, 5.74) is 2.08. The van der Waals surface area contributed by atoms with E-state index < -0.39 is 10.0 Å². The zero-order valence-corrected chi connectivity index (χ0v) is 12.5. The second-order valence-electron chi connectivity index (χ2n) is 4.64. The minimum absolute atomic E-state index is 0.286. The van der Waals surface area contributed by atoms with Crippen LogP contribution in [-0.4, -0.2) is 25.2 Å². The first-order chi connectivity index (χ1) is 9.42. The fourth-order valence-corrected chi connectivity index (χ4v) is 3.26. The molecule has 0 spiro atoms. The number of hydrogen-bond donors (Lipinski definition) is 2. The van der Waals surface area contributed by atoms with Gasteiger partial charge in [0, 0.05) is 19.8 Å². The first-order valence-corrected chi connectivity index (χ1v) is 7.66. The predicted molar refractivity (Wildman–Crippen MR) is 78.0 cm³/mol. The quantitative estimate of drug-likeness (QED) is 0.870. The molecular weight excluding hydrogens is 276 g/mol. The first-order valence-electron chi connectivity index (χ1n) is 6.18. The molecule has 2 rings (SSSR count). The fraction of sp³-hybridized carbons (Fsp3) is 0.308. The van der Waals surface area contributed by atoms with E-state index in [2.05, 4.69) is 15.1 Å². The van der Waals surface area contributed by atoms with Crippen molar-refractivity contribution >= 4 is 15.7 Å². The van der Waals surface area contributed by atoms with Gasteiger partial charge in [0.1, 0.15) is 0 Å². The molecule has 0 atom stereocenters. The van der Waals surface area contributed by atoms with Crippen LogP contribution in [0, 0.1) is 6.92 Å². The van der Waals surface area contributed by atoms with E-state index in [-0.39, 0.29) is 4.90 Å². The zero-order valence-electron chi connectivity index (χ0n) is 11.7. The minimum Gasteiger partial charge on any atom is -0.316 e. The highest BCUT2D eigenvalue weighted by Crippen LogP contribution is 2.20. The van der Waals surface area contributed by atoms with Gasteiger partial charge in [-0.1, -0.05) is 12.1 Å². The Kier molecular flexibility index (Phi) is 4.10. The Balaban J connectivity index is 2.35. The van der Waals surface area contributed by atoms with Crippen LogP contribution in [-0.2, 0) is 23.6 Å². The van der Waals surface area contributed by atoms with Crippen LogP contribution in [0.4, 0.5) is 5.69 Å². The van der Waals surface area contributed by atoms with Crippen LogP contribution in [0.5, 0.6) is 0 Å². The minimum atomic E-state index is -3.60. The standard InChI is InChI=1S/C13H18N4O2S/c1-10-4-5-11(7-14-2)6-13(10)20(18,19)16-12-8-15-17(3)9-12/h4-6,8-9,14,16H,7H2,1-3H3. The summed E-state index contributed by atoms with van der Waals surface area (Å²) in [6, 6.07) is 5.41. The van der Waals surface area contributed by atoms with Crippen LogP contribution in [0.1, 0.15) is 11.1 Å². The van der Waals surface area contributed by atoms with Crippen LogP contribution in [0.2, 0.25) is 0 Å². The molecule has 2 aromatic rings. The highest BCUT2D eigenvalue weighted by Gasteiger charge is 2.18. The lowest BCUT2D eigenvalue weighted by atomic mass is 10.1. The predicted octanol–water partition coefficient (Wildman–Crippen LogP) is 1.25. The molecule has 0 unspecified atom stereocenters. The second-order valence-corrected chi connectivity index (χ2v) is 6.29. The molecule has 0 saturated carbocycles. The van der Waals surface area contributed by atoms with Crippen molar-refractivity contribution in [1.29, 1.82) is 0 Å². The van der Waals surface area contributed by atoms with E-state index in [9.17, 15) is 8.42 Å². The molecule has 20 heavy (non-hydrogen) atoms. The Morgan fingerprint density at radius 2 is 2.10 bits per heavy atom. The normalized spacial score (nSPS) is 11.6. The smallest absolute Gasteiger partial charge is 0.262 e. The van der Waals surface area contributed by atoms with E-state index in [1.807, 2.05) is 19.2 Å². The van der Waals surface area contributed by atoms with E-state index >= 15 is 0 Å². The average Bonchev–Trinajstić information content (AvgIpc) is 2.76. The number of benzene rings is 1. The molecule has 0 saturated heterocycles.